The maximum atomic E-state index is 13.0. The summed E-state index contributed by atoms with van der Waals surface area (Å²) in [7, 11) is 3.26. The molecule has 0 fully saturated rings. The van der Waals surface area contributed by atoms with Gasteiger partial charge in [0.15, 0.2) is 14.8 Å². The molecule has 4 rings (SSSR count). The van der Waals surface area contributed by atoms with Crippen molar-refractivity contribution in [3.05, 3.63) is 74.0 Å². The summed E-state index contributed by atoms with van der Waals surface area (Å²) >= 11 is 8.02. The van der Waals surface area contributed by atoms with Gasteiger partial charge in [0, 0.05) is 13.6 Å². The predicted octanol–water partition coefficient (Wildman–Crippen LogP) is 4.24. The van der Waals surface area contributed by atoms with Crippen LogP contribution < -0.4 is 15.6 Å². The molecule has 0 aliphatic rings. The number of thiazole rings is 1. The minimum absolute atomic E-state index is 0.130. The SMILES string of the molecule is COc1cccc(CNC(=O)CSc2nc3c(sc(=S)n3-c3ccccc3C)c(=O)n2C)c1. The third kappa shape index (κ3) is 4.87. The zero-order valence-electron chi connectivity index (χ0n) is 18.3. The van der Waals surface area contributed by atoms with E-state index in [-0.39, 0.29) is 17.2 Å². The molecule has 4 aromatic rings. The van der Waals surface area contributed by atoms with E-state index in [9.17, 15) is 9.59 Å². The van der Waals surface area contributed by atoms with Crippen LogP contribution in [0.2, 0.25) is 0 Å². The molecule has 0 atom stereocenters. The second kappa shape index (κ2) is 9.90. The van der Waals surface area contributed by atoms with Crippen LogP contribution in [0.25, 0.3) is 16.0 Å². The molecule has 1 amide bonds. The van der Waals surface area contributed by atoms with Crippen LogP contribution in [-0.4, -0.2) is 32.9 Å². The van der Waals surface area contributed by atoms with Crippen LogP contribution in [0.3, 0.4) is 0 Å². The molecule has 1 N–H and O–H groups in total. The summed E-state index contributed by atoms with van der Waals surface area (Å²) < 4.78 is 9.57. The molecule has 0 radical (unpaired) electrons. The van der Waals surface area contributed by atoms with Crippen molar-refractivity contribution in [2.75, 3.05) is 12.9 Å². The monoisotopic (exact) mass is 498 g/mol. The minimum Gasteiger partial charge on any atom is -0.497 e. The molecule has 33 heavy (non-hydrogen) atoms. The van der Waals surface area contributed by atoms with Gasteiger partial charge in [-0.25, -0.2) is 4.98 Å². The Bertz CT molecular complexity index is 1460. The van der Waals surface area contributed by atoms with Crippen LogP contribution >= 0.6 is 35.3 Å². The predicted molar refractivity (Wildman–Crippen MR) is 135 cm³/mol. The number of aromatic nitrogens is 3. The number of hydrogen-bond donors (Lipinski definition) is 1. The van der Waals surface area contributed by atoms with E-state index in [1.807, 2.05) is 60.0 Å². The van der Waals surface area contributed by atoms with Gasteiger partial charge in [0.05, 0.1) is 18.6 Å². The Morgan fingerprint density at radius 3 is 2.79 bits per heavy atom. The highest BCUT2D eigenvalue weighted by molar-refractivity contribution is 7.99. The normalized spacial score (nSPS) is 11.0. The van der Waals surface area contributed by atoms with E-state index in [2.05, 4.69) is 5.32 Å². The average molecular weight is 499 g/mol. The number of thioether (sulfide) groups is 1. The van der Waals surface area contributed by atoms with Crippen LogP contribution in [0.4, 0.5) is 0 Å². The van der Waals surface area contributed by atoms with Gasteiger partial charge in [-0.15, -0.1) is 0 Å². The van der Waals surface area contributed by atoms with E-state index in [1.165, 1.54) is 27.7 Å². The summed E-state index contributed by atoms with van der Waals surface area (Å²) in [6, 6.07) is 15.3. The quantitative estimate of drug-likeness (QED) is 0.233. The van der Waals surface area contributed by atoms with Crippen molar-refractivity contribution < 1.29 is 9.53 Å². The molecule has 0 saturated heterocycles. The first kappa shape index (κ1) is 23.2. The van der Waals surface area contributed by atoms with Crippen molar-refractivity contribution in [1.82, 2.24) is 19.4 Å². The van der Waals surface area contributed by atoms with Crippen molar-refractivity contribution in [2.45, 2.75) is 18.6 Å². The highest BCUT2D eigenvalue weighted by Crippen LogP contribution is 2.27. The number of methoxy groups -OCH3 is 1. The summed E-state index contributed by atoms with van der Waals surface area (Å²) in [5.74, 6) is 0.714. The number of hydrogen-bond acceptors (Lipinski definition) is 7. The third-order valence-corrected chi connectivity index (χ3v) is 7.47. The number of para-hydroxylation sites is 1. The first-order valence-corrected chi connectivity index (χ1v) is 12.3. The zero-order valence-corrected chi connectivity index (χ0v) is 20.8. The van der Waals surface area contributed by atoms with Crippen molar-refractivity contribution in [3.8, 4) is 11.4 Å². The maximum Gasteiger partial charge on any atom is 0.273 e. The van der Waals surface area contributed by atoms with Gasteiger partial charge in [-0.3, -0.25) is 18.7 Å². The van der Waals surface area contributed by atoms with Gasteiger partial charge in [0.1, 0.15) is 10.4 Å². The van der Waals surface area contributed by atoms with Crippen LogP contribution in [0.5, 0.6) is 5.75 Å². The number of nitrogens with zero attached hydrogens (tertiary/aromatic N) is 3. The van der Waals surface area contributed by atoms with Crippen LogP contribution in [0, 0.1) is 10.9 Å². The molecule has 0 aliphatic carbocycles. The number of nitrogens with one attached hydrogen (secondary N) is 1. The zero-order chi connectivity index (χ0) is 23.5. The molecule has 0 saturated carbocycles. The number of fused-ring (bicyclic) bond motifs is 1. The first-order valence-electron chi connectivity index (χ1n) is 10.1. The first-order chi connectivity index (χ1) is 15.9. The topological polar surface area (TPSA) is 78.2 Å². The molecule has 7 nitrogen and oxygen atoms in total. The second-order valence-corrected chi connectivity index (χ2v) is 9.90. The molecule has 2 aromatic heterocycles. The van der Waals surface area contributed by atoms with E-state index in [0.29, 0.717) is 26.0 Å². The van der Waals surface area contributed by atoms with Gasteiger partial charge >= 0.3 is 0 Å². The number of aryl methyl sites for hydroxylation is 1. The van der Waals surface area contributed by atoms with Gasteiger partial charge in [-0.05, 0) is 48.5 Å². The number of benzene rings is 2. The summed E-state index contributed by atoms with van der Waals surface area (Å²) in [6.07, 6.45) is 0. The Morgan fingerprint density at radius 2 is 2.03 bits per heavy atom. The lowest BCUT2D eigenvalue weighted by Gasteiger charge is -2.11. The summed E-state index contributed by atoms with van der Waals surface area (Å²) in [6.45, 7) is 2.38. The molecule has 10 heteroatoms. The Kier molecular flexibility index (Phi) is 6.96. The fourth-order valence-electron chi connectivity index (χ4n) is 3.33. The lowest BCUT2D eigenvalue weighted by Crippen LogP contribution is -2.26. The van der Waals surface area contributed by atoms with Gasteiger partial charge < -0.3 is 10.1 Å². The number of carbonyl (C=O) groups excluding carboxylic acids is 1. The van der Waals surface area contributed by atoms with E-state index in [0.717, 1.165) is 22.6 Å². The molecule has 170 valence electrons. The van der Waals surface area contributed by atoms with E-state index in [1.54, 1.807) is 14.2 Å². The second-order valence-electron chi connectivity index (χ2n) is 7.32. The summed E-state index contributed by atoms with van der Waals surface area (Å²) in [5, 5.41) is 3.35. The van der Waals surface area contributed by atoms with Crippen molar-refractivity contribution in [1.29, 1.82) is 0 Å². The van der Waals surface area contributed by atoms with E-state index < -0.39 is 0 Å². The van der Waals surface area contributed by atoms with Crippen LogP contribution in [0.15, 0.2) is 58.5 Å². The number of carbonyl (C=O) groups is 1. The average Bonchev–Trinajstić information content (AvgIpc) is 3.15. The molecule has 0 aliphatic heterocycles. The number of rotatable bonds is 7. The van der Waals surface area contributed by atoms with Crippen molar-refractivity contribution in [3.63, 3.8) is 0 Å². The van der Waals surface area contributed by atoms with Gasteiger partial charge in [0.25, 0.3) is 5.56 Å². The smallest absolute Gasteiger partial charge is 0.273 e. The lowest BCUT2D eigenvalue weighted by molar-refractivity contribution is -0.118. The summed E-state index contributed by atoms with van der Waals surface area (Å²) in [4.78, 5) is 30.2. The van der Waals surface area contributed by atoms with Crippen molar-refractivity contribution in [2.24, 2.45) is 7.05 Å². The molecule has 0 unspecified atom stereocenters. The molecule has 0 spiro atoms. The fraction of sp³-hybridized carbons (Fsp3) is 0.217. The standard InChI is InChI=1S/C23H22N4O3S3/c1-14-7-4-5-10-17(14)27-20-19(33-23(27)31)21(29)26(2)22(25-20)32-13-18(28)24-12-15-8-6-9-16(11-15)30-3/h4-11H,12-13H2,1-3H3,(H,24,28). The Labute approximate surface area is 204 Å². The van der Waals surface area contributed by atoms with Gasteiger partial charge in [-0.1, -0.05) is 53.4 Å². The van der Waals surface area contributed by atoms with Gasteiger partial charge in [0.2, 0.25) is 5.91 Å². The van der Waals surface area contributed by atoms with Crippen molar-refractivity contribution >= 4 is 51.6 Å². The number of amides is 1. The molecular formula is C23H22N4O3S3. The Hall–Kier alpha value is -2.95. The molecule has 2 aromatic carbocycles. The van der Waals surface area contributed by atoms with Gasteiger partial charge in [-0.2, -0.15) is 0 Å². The Morgan fingerprint density at radius 1 is 1.24 bits per heavy atom. The third-order valence-electron chi connectivity index (χ3n) is 5.09. The highest BCUT2D eigenvalue weighted by Gasteiger charge is 2.17. The lowest BCUT2D eigenvalue weighted by atomic mass is 10.2. The molecule has 2 heterocycles. The summed E-state index contributed by atoms with van der Waals surface area (Å²) in [5.41, 5.74) is 3.20. The molecular weight excluding hydrogens is 476 g/mol. The van der Waals surface area contributed by atoms with Crippen LogP contribution in [-0.2, 0) is 18.4 Å². The van der Waals surface area contributed by atoms with Crippen LogP contribution in [0.1, 0.15) is 11.1 Å². The molecule has 0 bridgehead atoms. The number of ether oxygens (including phenoxy) is 1. The van der Waals surface area contributed by atoms with E-state index >= 15 is 0 Å². The minimum atomic E-state index is -0.178. The van der Waals surface area contributed by atoms with E-state index in [4.69, 9.17) is 21.9 Å². The maximum absolute atomic E-state index is 13.0. The highest BCUT2D eigenvalue weighted by atomic mass is 32.2. The Balaban J connectivity index is 1.57. The largest absolute Gasteiger partial charge is 0.497 e. The fourth-order valence-corrected chi connectivity index (χ4v) is 5.46.